The average molecular weight is 647 g/mol. The van der Waals surface area contributed by atoms with Crippen molar-refractivity contribution in [2.75, 3.05) is 28.4 Å². The van der Waals surface area contributed by atoms with Gasteiger partial charge in [0.25, 0.3) is 0 Å². The zero-order valence-corrected chi connectivity index (χ0v) is 23.8. The molecule has 0 radical (unpaired) electrons. The zero-order chi connectivity index (χ0) is 27.4. The topological polar surface area (TPSA) is 102 Å². The molecular weight excluding hydrogens is 626 g/mol. The molecular formula is C27H21Br2NO8. The van der Waals surface area contributed by atoms with Crippen molar-refractivity contribution in [1.29, 1.82) is 0 Å². The Morgan fingerprint density at radius 1 is 0.868 bits per heavy atom. The second-order valence-corrected chi connectivity index (χ2v) is 9.44. The molecule has 0 saturated heterocycles. The number of esters is 2. The fourth-order valence-corrected chi connectivity index (χ4v) is 4.90. The van der Waals surface area contributed by atoms with Crippen molar-refractivity contribution in [3.8, 4) is 28.7 Å². The minimum Gasteiger partial charge on any atom is -0.497 e. The van der Waals surface area contributed by atoms with Crippen molar-refractivity contribution in [2.45, 2.75) is 0 Å². The normalized spacial score (nSPS) is 13.6. The number of nitrogens with zero attached hydrogens (tertiary/aromatic N) is 1. The lowest BCUT2D eigenvalue weighted by molar-refractivity contribution is -0.129. The standard InChI is InChI=1S/C27H21Br2NO8/c1-33-18-7-5-14(6-8-18)26(31)37-23-15(9-17(28)13-19(23)29)10-20-27(32)38-25(30-20)16-11-21(34-2)24(36-4)22(12-16)35-3/h5-13H,1-4H3/b20-10-. The molecule has 0 N–H and O–H groups in total. The van der Waals surface area contributed by atoms with Gasteiger partial charge in [-0.3, -0.25) is 0 Å². The van der Waals surface area contributed by atoms with Crippen molar-refractivity contribution >= 4 is 55.8 Å². The number of aliphatic imine (C=N–C) groups is 1. The maximum absolute atomic E-state index is 12.8. The van der Waals surface area contributed by atoms with Gasteiger partial charge in [0, 0.05) is 15.6 Å². The second-order valence-electron chi connectivity index (χ2n) is 7.67. The SMILES string of the molecule is COc1ccc(C(=O)Oc2c(Br)cc(Br)cc2/C=C2\N=C(c3cc(OC)c(OC)c(OC)c3)OC2=O)cc1. The lowest BCUT2D eigenvalue weighted by Gasteiger charge is -2.13. The van der Waals surface area contributed by atoms with Crippen LogP contribution >= 0.6 is 31.9 Å². The molecule has 3 aromatic carbocycles. The molecule has 9 nitrogen and oxygen atoms in total. The first-order chi connectivity index (χ1) is 18.3. The first-order valence-electron chi connectivity index (χ1n) is 11.0. The van der Waals surface area contributed by atoms with Gasteiger partial charge in [-0.2, -0.15) is 0 Å². The highest BCUT2D eigenvalue weighted by Gasteiger charge is 2.27. The molecule has 0 bridgehead atoms. The third kappa shape index (κ3) is 5.68. The summed E-state index contributed by atoms with van der Waals surface area (Å²) in [4.78, 5) is 30.0. The summed E-state index contributed by atoms with van der Waals surface area (Å²) in [5, 5.41) is 0. The van der Waals surface area contributed by atoms with Crippen LogP contribution in [0.5, 0.6) is 28.7 Å². The van der Waals surface area contributed by atoms with E-state index in [1.165, 1.54) is 34.5 Å². The van der Waals surface area contributed by atoms with Crippen molar-refractivity contribution in [3.05, 3.63) is 79.9 Å². The highest BCUT2D eigenvalue weighted by molar-refractivity contribution is 9.11. The number of methoxy groups -OCH3 is 4. The van der Waals surface area contributed by atoms with Crippen LogP contribution in [0.1, 0.15) is 21.5 Å². The van der Waals surface area contributed by atoms with E-state index < -0.39 is 11.9 Å². The predicted octanol–water partition coefficient (Wildman–Crippen LogP) is 5.81. The fraction of sp³-hybridized carbons (Fsp3) is 0.148. The molecule has 1 aliphatic heterocycles. The van der Waals surface area contributed by atoms with Crippen LogP contribution in [0.4, 0.5) is 0 Å². The molecule has 196 valence electrons. The van der Waals surface area contributed by atoms with Gasteiger partial charge in [-0.15, -0.1) is 0 Å². The summed E-state index contributed by atoms with van der Waals surface area (Å²) in [6, 6.07) is 13.1. The number of ether oxygens (including phenoxy) is 6. The van der Waals surface area contributed by atoms with Gasteiger partial charge in [-0.05, 0) is 70.5 Å². The third-order valence-electron chi connectivity index (χ3n) is 5.38. The van der Waals surface area contributed by atoms with Gasteiger partial charge >= 0.3 is 11.9 Å². The van der Waals surface area contributed by atoms with Crippen LogP contribution in [-0.4, -0.2) is 46.3 Å². The number of hydrogen-bond acceptors (Lipinski definition) is 9. The van der Waals surface area contributed by atoms with Crippen LogP contribution in [-0.2, 0) is 9.53 Å². The van der Waals surface area contributed by atoms with E-state index in [0.717, 1.165) is 0 Å². The molecule has 1 aliphatic rings. The summed E-state index contributed by atoms with van der Waals surface area (Å²) in [6.07, 6.45) is 1.47. The predicted molar refractivity (Wildman–Crippen MR) is 146 cm³/mol. The Kier molecular flexibility index (Phi) is 8.38. The Hall–Kier alpha value is -3.83. The molecule has 3 aromatic rings. The van der Waals surface area contributed by atoms with E-state index >= 15 is 0 Å². The quantitative estimate of drug-likeness (QED) is 0.172. The van der Waals surface area contributed by atoms with Gasteiger partial charge in [-0.25, -0.2) is 14.6 Å². The molecule has 11 heteroatoms. The molecule has 0 amide bonds. The summed E-state index contributed by atoms with van der Waals surface area (Å²) in [6.45, 7) is 0. The number of carbonyl (C=O) groups excluding carboxylic acids is 2. The lowest BCUT2D eigenvalue weighted by atomic mass is 10.1. The number of carbonyl (C=O) groups is 2. The molecule has 1 heterocycles. The van der Waals surface area contributed by atoms with E-state index in [9.17, 15) is 9.59 Å². The van der Waals surface area contributed by atoms with E-state index in [0.29, 0.717) is 48.6 Å². The first-order valence-corrected chi connectivity index (χ1v) is 12.5. The zero-order valence-electron chi connectivity index (χ0n) is 20.7. The van der Waals surface area contributed by atoms with Gasteiger partial charge in [0.1, 0.15) is 5.75 Å². The van der Waals surface area contributed by atoms with Crippen LogP contribution in [0.3, 0.4) is 0 Å². The third-order valence-corrected chi connectivity index (χ3v) is 6.43. The molecule has 38 heavy (non-hydrogen) atoms. The smallest absolute Gasteiger partial charge is 0.363 e. The van der Waals surface area contributed by atoms with Crippen molar-refractivity contribution < 1.29 is 38.0 Å². The van der Waals surface area contributed by atoms with Gasteiger partial charge in [0.2, 0.25) is 11.6 Å². The summed E-state index contributed by atoms with van der Waals surface area (Å²) in [7, 11) is 5.99. The van der Waals surface area contributed by atoms with Crippen molar-refractivity contribution in [2.24, 2.45) is 4.99 Å². The first kappa shape index (κ1) is 27.2. The van der Waals surface area contributed by atoms with E-state index in [-0.39, 0.29) is 17.3 Å². The Labute approximate surface area is 235 Å². The van der Waals surface area contributed by atoms with Crippen LogP contribution in [0.25, 0.3) is 6.08 Å². The summed E-state index contributed by atoms with van der Waals surface area (Å²) in [5.41, 5.74) is 1.18. The summed E-state index contributed by atoms with van der Waals surface area (Å²) < 4.78 is 33.5. The Bertz CT molecular complexity index is 1440. The highest BCUT2D eigenvalue weighted by Crippen LogP contribution is 2.40. The van der Waals surface area contributed by atoms with Crippen LogP contribution < -0.4 is 23.7 Å². The minimum atomic E-state index is -0.683. The van der Waals surface area contributed by atoms with E-state index in [1.807, 2.05) is 0 Å². The molecule has 0 aromatic heterocycles. The van der Waals surface area contributed by atoms with Crippen molar-refractivity contribution in [3.63, 3.8) is 0 Å². The molecule has 0 atom stereocenters. The van der Waals surface area contributed by atoms with Gasteiger partial charge in [0.15, 0.2) is 22.9 Å². The van der Waals surface area contributed by atoms with Crippen LogP contribution in [0, 0.1) is 0 Å². The summed E-state index contributed by atoms with van der Waals surface area (Å²) in [5.74, 6) is 0.725. The molecule has 0 fully saturated rings. The highest BCUT2D eigenvalue weighted by atomic mass is 79.9. The van der Waals surface area contributed by atoms with E-state index in [2.05, 4.69) is 36.9 Å². The van der Waals surface area contributed by atoms with Gasteiger partial charge < -0.3 is 28.4 Å². The maximum atomic E-state index is 12.8. The number of cyclic esters (lactones) is 1. The lowest BCUT2D eigenvalue weighted by Crippen LogP contribution is -2.10. The molecule has 0 saturated carbocycles. The largest absolute Gasteiger partial charge is 0.497 e. The van der Waals surface area contributed by atoms with E-state index in [4.69, 9.17) is 28.4 Å². The summed E-state index contributed by atoms with van der Waals surface area (Å²) >= 11 is 6.86. The molecule has 4 rings (SSSR count). The van der Waals surface area contributed by atoms with Crippen LogP contribution in [0.15, 0.2) is 68.2 Å². The maximum Gasteiger partial charge on any atom is 0.363 e. The Morgan fingerprint density at radius 2 is 1.53 bits per heavy atom. The van der Waals surface area contributed by atoms with Crippen LogP contribution in [0.2, 0.25) is 0 Å². The number of halogens is 2. The fourth-order valence-electron chi connectivity index (χ4n) is 3.56. The van der Waals surface area contributed by atoms with Gasteiger partial charge in [0.05, 0.1) is 38.5 Å². The average Bonchev–Trinajstić information content (AvgIpc) is 3.29. The van der Waals surface area contributed by atoms with E-state index in [1.54, 1.807) is 48.5 Å². The number of benzene rings is 3. The molecule has 0 unspecified atom stereocenters. The van der Waals surface area contributed by atoms with Gasteiger partial charge in [-0.1, -0.05) is 15.9 Å². The Balaban J connectivity index is 1.71. The monoisotopic (exact) mass is 645 g/mol. The second kappa shape index (κ2) is 11.7. The number of rotatable bonds is 8. The van der Waals surface area contributed by atoms with Crippen molar-refractivity contribution in [1.82, 2.24) is 0 Å². The molecule has 0 spiro atoms. The number of hydrogen-bond donors (Lipinski definition) is 0. The molecule has 0 aliphatic carbocycles. The Morgan fingerprint density at radius 3 is 2.11 bits per heavy atom. The minimum absolute atomic E-state index is 0.000461.